The third kappa shape index (κ3) is 2.87. The van der Waals surface area contributed by atoms with Crippen LogP contribution >= 0.6 is 0 Å². The van der Waals surface area contributed by atoms with Crippen LogP contribution in [0.4, 0.5) is 5.69 Å². The number of hydrogen-bond acceptors (Lipinski definition) is 5. The molecule has 2 amide bonds. The molecule has 0 spiro atoms. The van der Waals surface area contributed by atoms with Crippen molar-refractivity contribution >= 4 is 29.4 Å². The molecule has 8 heteroatoms. The molecule has 8 nitrogen and oxygen atoms in total. The van der Waals surface area contributed by atoms with E-state index in [0.29, 0.717) is 12.1 Å². The number of Topliss-reactive ketones (excluding diaryl/α,β-unsaturated/α-hetero) is 1. The molecule has 2 aromatic rings. The Morgan fingerprint density at radius 3 is 2.58 bits per heavy atom. The van der Waals surface area contributed by atoms with Crippen LogP contribution in [0.1, 0.15) is 59.2 Å². The molecular formula is C28H33N5O3. The molecule has 0 saturated carbocycles. The Morgan fingerprint density at radius 1 is 1.22 bits per heavy atom. The number of ketones is 1. The number of benzene rings is 1. The topological polar surface area (TPSA) is 96.3 Å². The number of rotatable bonds is 5. The first-order chi connectivity index (χ1) is 16.8. The van der Waals surface area contributed by atoms with Crippen LogP contribution in [0, 0.1) is 5.41 Å². The summed E-state index contributed by atoms with van der Waals surface area (Å²) in [6, 6.07) is 7.44. The molecule has 188 valence electrons. The number of allylic oxidation sites excluding steroid dienone is 1. The normalized spacial score (nSPS) is 28.3. The molecule has 4 heterocycles. The minimum atomic E-state index is -0.858. The molecule has 3 aliphatic heterocycles. The van der Waals surface area contributed by atoms with E-state index in [1.165, 1.54) is 6.92 Å². The van der Waals surface area contributed by atoms with Gasteiger partial charge in [-0.25, -0.2) is 4.98 Å². The van der Waals surface area contributed by atoms with E-state index in [4.69, 9.17) is 0 Å². The Morgan fingerprint density at radius 2 is 1.92 bits per heavy atom. The van der Waals surface area contributed by atoms with Crippen molar-refractivity contribution in [3.05, 3.63) is 66.4 Å². The summed E-state index contributed by atoms with van der Waals surface area (Å²) in [6.45, 7) is 15.5. The third-order valence-electron chi connectivity index (χ3n) is 8.91. The number of anilines is 1. The molecule has 0 aliphatic carbocycles. The lowest BCUT2D eigenvalue weighted by Crippen LogP contribution is -2.66. The molecule has 1 aromatic heterocycles. The van der Waals surface area contributed by atoms with Crippen LogP contribution in [0.2, 0.25) is 0 Å². The van der Waals surface area contributed by atoms with E-state index in [9.17, 15) is 14.4 Å². The van der Waals surface area contributed by atoms with E-state index in [1.807, 2.05) is 45.0 Å². The van der Waals surface area contributed by atoms with Crippen molar-refractivity contribution in [1.29, 1.82) is 0 Å². The number of aromatic nitrogens is 2. The maximum Gasteiger partial charge on any atom is 0.272 e. The molecule has 0 radical (unpaired) electrons. The number of amides is 2. The number of carbonyl (C=O) groups excluding carboxylic acids is 3. The first kappa shape index (κ1) is 24.0. The maximum atomic E-state index is 14.0. The zero-order valence-corrected chi connectivity index (χ0v) is 21.7. The summed E-state index contributed by atoms with van der Waals surface area (Å²) in [7, 11) is 0. The fourth-order valence-electron chi connectivity index (χ4n) is 6.37. The highest BCUT2D eigenvalue weighted by molar-refractivity contribution is 6.08. The van der Waals surface area contributed by atoms with Crippen LogP contribution in [0.25, 0.3) is 6.08 Å². The largest absolute Gasteiger partial charge is 0.362 e. The van der Waals surface area contributed by atoms with Gasteiger partial charge in [0.15, 0.2) is 5.78 Å². The highest BCUT2D eigenvalue weighted by atomic mass is 16.2. The van der Waals surface area contributed by atoms with Crippen molar-refractivity contribution in [3.8, 4) is 0 Å². The predicted molar refractivity (Wildman–Crippen MR) is 138 cm³/mol. The number of imidazole rings is 1. The maximum absolute atomic E-state index is 14.0. The molecule has 2 saturated heterocycles. The van der Waals surface area contributed by atoms with Crippen molar-refractivity contribution in [1.82, 2.24) is 19.8 Å². The van der Waals surface area contributed by atoms with Crippen LogP contribution in [-0.2, 0) is 25.3 Å². The number of carbonyl (C=O) groups is 3. The van der Waals surface area contributed by atoms with Crippen LogP contribution in [0.3, 0.4) is 0 Å². The fourth-order valence-corrected chi connectivity index (χ4v) is 6.37. The zero-order valence-electron chi connectivity index (χ0n) is 21.7. The summed E-state index contributed by atoms with van der Waals surface area (Å²) in [4.78, 5) is 45.6. The number of para-hydroxylation sites is 1. The lowest BCUT2D eigenvalue weighted by Gasteiger charge is -2.50. The van der Waals surface area contributed by atoms with E-state index >= 15 is 0 Å². The Labute approximate surface area is 211 Å². The quantitative estimate of drug-likeness (QED) is 0.497. The highest BCUT2D eigenvalue weighted by Gasteiger charge is 2.72. The van der Waals surface area contributed by atoms with Gasteiger partial charge in [-0.05, 0) is 57.2 Å². The van der Waals surface area contributed by atoms with Gasteiger partial charge in [0, 0.05) is 17.3 Å². The standard InChI is InChI=1S/C28H33N5O3/c1-8-25(3,4)28-14-22-23(35)30-21(13-18-15-32(16-29-18)26(5,6)17(2)34)24(36)33(22)27(28,7)31-20-12-10-9-11-19(20)28/h8-13,15-16,22,31H,1,14H2,2-7H3,(H,30,35). The number of nitrogens with zero attached hydrogens (tertiary/aromatic N) is 3. The van der Waals surface area contributed by atoms with Crippen molar-refractivity contribution in [2.45, 2.75) is 70.6 Å². The molecule has 2 N–H and O–H groups in total. The molecule has 36 heavy (non-hydrogen) atoms. The molecule has 5 rings (SSSR count). The highest BCUT2D eigenvalue weighted by Crippen LogP contribution is 2.65. The second-order valence-corrected chi connectivity index (χ2v) is 11.3. The SMILES string of the molecule is C=CC(C)(C)C12CC3C(=O)NC(=Cc4cn(C(C)(C)C(C)=O)cn4)C(=O)N3C1(C)Nc1ccccc12. The first-order valence-corrected chi connectivity index (χ1v) is 12.2. The Balaban J connectivity index is 1.60. The second-order valence-electron chi connectivity index (χ2n) is 11.3. The molecule has 3 unspecified atom stereocenters. The van der Waals surface area contributed by atoms with E-state index in [0.717, 1.165) is 11.3 Å². The summed E-state index contributed by atoms with van der Waals surface area (Å²) in [5.41, 5.74) is 0.0595. The lowest BCUT2D eigenvalue weighted by atomic mass is 9.56. The summed E-state index contributed by atoms with van der Waals surface area (Å²) in [6.07, 6.45) is 7.25. The van der Waals surface area contributed by atoms with Crippen molar-refractivity contribution in [2.24, 2.45) is 5.41 Å². The molecule has 3 aliphatic rings. The zero-order chi connectivity index (χ0) is 26.3. The first-order valence-electron chi connectivity index (χ1n) is 12.2. The average Bonchev–Trinajstić information content (AvgIpc) is 3.46. The van der Waals surface area contributed by atoms with Gasteiger partial charge in [-0.3, -0.25) is 14.4 Å². The predicted octanol–water partition coefficient (Wildman–Crippen LogP) is 3.57. The molecule has 3 atom stereocenters. The Kier molecular flexibility index (Phi) is 4.95. The van der Waals surface area contributed by atoms with Crippen molar-refractivity contribution in [3.63, 3.8) is 0 Å². The van der Waals surface area contributed by atoms with Crippen LogP contribution in [0.15, 0.2) is 55.1 Å². The number of piperazine rings is 1. The van der Waals surface area contributed by atoms with E-state index in [2.05, 4.69) is 42.1 Å². The van der Waals surface area contributed by atoms with Crippen LogP contribution in [-0.4, -0.2) is 43.8 Å². The lowest BCUT2D eigenvalue weighted by molar-refractivity contribution is -0.144. The Bertz CT molecular complexity index is 1350. The van der Waals surface area contributed by atoms with Crippen LogP contribution in [0.5, 0.6) is 0 Å². The summed E-state index contributed by atoms with van der Waals surface area (Å²) in [5, 5.41) is 6.45. The minimum absolute atomic E-state index is 0.0120. The molecule has 1 aromatic carbocycles. The van der Waals surface area contributed by atoms with Gasteiger partial charge >= 0.3 is 0 Å². The smallest absolute Gasteiger partial charge is 0.272 e. The van der Waals surface area contributed by atoms with Crippen LogP contribution < -0.4 is 10.6 Å². The molecule has 0 bridgehead atoms. The molecular weight excluding hydrogens is 454 g/mol. The monoisotopic (exact) mass is 487 g/mol. The number of hydrogen-bond donors (Lipinski definition) is 2. The Hall–Kier alpha value is -3.68. The fraction of sp³-hybridized carbons (Fsp3) is 0.429. The van der Waals surface area contributed by atoms with Gasteiger partial charge in [-0.1, -0.05) is 38.1 Å². The van der Waals surface area contributed by atoms with Crippen molar-refractivity contribution < 1.29 is 14.4 Å². The van der Waals surface area contributed by atoms with E-state index in [1.54, 1.807) is 28.1 Å². The third-order valence-corrected chi connectivity index (χ3v) is 8.91. The van der Waals surface area contributed by atoms with Gasteiger partial charge in [0.2, 0.25) is 5.91 Å². The summed E-state index contributed by atoms with van der Waals surface area (Å²) >= 11 is 0. The summed E-state index contributed by atoms with van der Waals surface area (Å²) < 4.78 is 1.71. The summed E-state index contributed by atoms with van der Waals surface area (Å²) in [5.74, 6) is -0.509. The van der Waals surface area contributed by atoms with Gasteiger partial charge in [-0.2, -0.15) is 0 Å². The van der Waals surface area contributed by atoms with Gasteiger partial charge in [0.1, 0.15) is 17.4 Å². The van der Waals surface area contributed by atoms with Crippen molar-refractivity contribution in [2.75, 3.05) is 5.32 Å². The van der Waals surface area contributed by atoms with E-state index < -0.39 is 28.1 Å². The van der Waals surface area contributed by atoms with E-state index in [-0.39, 0.29) is 23.3 Å². The molecule has 2 fully saturated rings. The van der Waals surface area contributed by atoms with Gasteiger partial charge in [0.25, 0.3) is 5.91 Å². The number of fused-ring (bicyclic) bond motifs is 5. The van der Waals surface area contributed by atoms with Gasteiger partial charge in [0.05, 0.1) is 17.6 Å². The number of nitrogens with one attached hydrogen (secondary N) is 2. The average molecular weight is 488 g/mol. The van der Waals surface area contributed by atoms with Gasteiger partial charge in [-0.15, -0.1) is 6.58 Å². The second kappa shape index (κ2) is 7.41. The van der Waals surface area contributed by atoms with Gasteiger partial charge < -0.3 is 20.1 Å². The minimum Gasteiger partial charge on any atom is -0.362 e.